The van der Waals surface area contributed by atoms with Gasteiger partial charge in [-0.2, -0.15) is 0 Å². The Bertz CT molecular complexity index is 663. The lowest BCUT2D eigenvalue weighted by Gasteiger charge is -2.11. The van der Waals surface area contributed by atoms with E-state index in [-0.39, 0.29) is 0 Å². The van der Waals surface area contributed by atoms with Gasteiger partial charge in [0.15, 0.2) is 5.82 Å². The summed E-state index contributed by atoms with van der Waals surface area (Å²) in [4.78, 5) is 9.26. The van der Waals surface area contributed by atoms with E-state index in [9.17, 15) is 0 Å². The van der Waals surface area contributed by atoms with Crippen molar-refractivity contribution >= 4 is 28.4 Å². The van der Waals surface area contributed by atoms with Gasteiger partial charge in [0, 0.05) is 5.56 Å². The molecule has 0 unspecified atom stereocenters. The smallest absolute Gasteiger partial charge is 0.161 e. The van der Waals surface area contributed by atoms with E-state index in [1.54, 1.807) is 0 Å². The van der Waals surface area contributed by atoms with E-state index in [1.165, 1.54) is 18.4 Å². The van der Waals surface area contributed by atoms with Crippen LogP contribution in [-0.4, -0.2) is 9.97 Å². The molecule has 0 atom stereocenters. The second-order valence-corrected chi connectivity index (χ2v) is 7.27. The predicted molar refractivity (Wildman–Crippen MR) is 95.1 cm³/mol. The van der Waals surface area contributed by atoms with Crippen molar-refractivity contribution in [2.45, 2.75) is 39.0 Å². The SMILES string of the molecule is CC(C)Cc1nc(-c2cccc(C3CC3)c2)nc(N)c1I. The normalized spacial score (nSPS) is 14.7. The topological polar surface area (TPSA) is 51.8 Å². The Morgan fingerprint density at radius 3 is 2.71 bits per heavy atom. The number of nitrogen functional groups attached to an aromatic ring is 1. The van der Waals surface area contributed by atoms with Gasteiger partial charge in [0.1, 0.15) is 5.82 Å². The van der Waals surface area contributed by atoms with Gasteiger partial charge >= 0.3 is 0 Å². The van der Waals surface area contributed by atoms with E-state index in [0.29, 0.717) is 11.7 Å². The Kier molecular flexibility index (Phi) is 4.15. The molecule has 3 nitrogen and oxygen atoms in total. The molecule has 0 saturated heterocycles. The molecular formula is C17H20IN3. The zero-order chi connectivity index (χ0) is 15.0. The third-order valence-corrected chi connectivity index (χ3v) is 4.92. The highest BCUT2D eigenvalue weighted by molar-refractivity contribution is 14.1. The van der Waals surface area contributed by atoms with Gasteiger partial charge in [0.05, 0.1) is 9.26 Å². The number of hydrogen-bond acceptors (Lipinski definition) is 3. The number of aromatic nitrogens is 2. The van der Waals surface area contributed by atoms with Gasteiger partial charge in [-0.25, -0.2) is 9.97 Å². The molecule has 4 heteroatoms. The van der Waals surface area contributed by atoms with Crippen LogP contribution in [0, 0.1) is 9.49 Å². The highest BCUT2D eigenvalue weighted by Gasteiger charge is 2.23. The fraction of sp³-hybridized carbons (Fsp3) is 0.412. The first-order valence-corrected chi connectivity index (χ1v) is 8.54. The van der Waals surface area contributed by atoms with Crippen molar-refractivity contribution in [2.24, 2.45) is 5.92 Å². The van der Waals surface area contributed by atoms with Crippen molar-refractivity contribution in [2.75, 3.05) is 5.73 Å². The van der Waals surface area contributed by atoms with Gasteiger partial charge in [-0.1, -0.05) is 32.0 Å². The molecular weight excluding hydrogens is 373 g/mol. The first-order chi connectivity index (χ1) is 10.0. The first-order valence-electron chi connectivity index (χ1n) is 7.47. The van der Waals surface area contributed by atoms with Crippen molar-refractivity contribution in [1.29, 1.82) is 0 Å². The van der Waals surface area contributed by atoms with Crippen molar-refractivity contribution in [1.82, 2.24) is 9.97 Å². The van der Waals surface area contributed by atoms with Gasteiger partial charge in [0.25, 0.3) is 0 Å². The van der Waals surface area contributed by atoms with Crippen molar-refractivity contribution in [3.63, 3.8) is 0 Å². The molecule has 0 radical (unpaired) electrons. The highest BCUT2D eigenvalue weighted by atomic mass is 127. The van der Waals surface area contributed by atoms with E-state index in [4.69, 9.17) is 10.7 Å². The molecule has 1 fully saturated rings. The lowest BCUT2D eigenvalue weighted by Crippen LogP contribution is -2.07. The fourth-order valence-electron chi connectivity index (χ4n) is 2.51. The number of anilines is 1. The largest absolute Gasteiger partial charge is 0.383 e. The second kappa shape index (κ2) is 5.91. The maximum atomic E-state index is 6.09. The van der Waals surface area contributed by atoms with Crippen LogP contribution in [0.2, 0.25) is 0 Å². The quantitative estimate of drug-likeness (QED) is 0.784. The first kappa shape index (κ1) is 14.8. The van der Waals surface area contributed by atoms with Crippen LogP contribution in [0.25, 0.3) is 11.4 Å². The minimum atomic E-state index is 0.554. The number of rotatable bonds is 4. The summed E-state index contributed by atoms with van der Waals surface area (Å²) in [5.41, 5.74) is 9.62. The summed E-state index contributed by atoms with van der Waals surface area (Å²) in [5.74, 6) is 2.64. The molecule has 1 aliphatic rings. The third-order valence-electron chi connectivity index (χ3n) is 3.74. The zero-order valence-corrected chi connectivity index (χ0v) is 14.6. The number of nitrogens with zero attached hydrogens (tertiary/aromatic N) is 2. The lowest BCUT2D eigenvalue weighted by atomic mass is 10.1. The highest BCUT2D eigenvalue weighted by Crippen LogP contribution is 2.41. The zero-order valence-electron chi connectivity index (χ0n) is 12.4. The van der Waals surface area contributed by atoms with Crippen LogP contribution in [0.1, 0.15) is 43.9 Å². The van der Waals surface area contributed by atoms with E-state index < -0.39 is 0 Å². The number of nitrogens with two attached hydrogens (primary N) is 1. The summed E-state index contributed by atoms with van der Waals surface area (Å²) in [5, 5.41) is 0. The van der Waals surface area contributed by atoms with Gasteiger partial charge in [-0.05, 0) is 65.3 Å². The van der Waals surface area contributed by atoms with Crippen LogP contribution in [0.4, 0.5) is 5.82 Å². The molecule has 2 N–H and O–H groups in total. The lowest BCUT2D eigenvalue weighted by molar-refractivity contribution is 0.632. The van der Waals surface area contributed by atoms with Crippen LogP contribution in [-0.2, 0) is 6.42 Å². The van der Waals surface area contributed by atoms with E-state index in [0.717, 1.165) is 33.0 Å². The predicted octanol–water partition coefficient (Wildman–Crippen LogP) is 4.41. The fourth-order valence-corrected chi connectivity index (χ4v) is 2.97. The Labute approximate surface area is 139 Å². The molecule has 3 rings (SSSR count). The van der Waals surface area contributed by atoms with Crippen molar-refractivity contribution in [3.8, 4) is 11.4 Å². The number of halogens is 1. The molecule has 1 aliphatic carbocycles. The standard InChI is InChI=1S/C17H20IN3/c1-10(2)8-14-15(18)16(19)21-17(20-14)13-5-3-4-12(9-13)11-6-7-11/h3-5,9-11H,6-8H2,1-2H3,(H2,19,20,21). The summed E-state index contributed by atoms with van der Waals surface area (Å²) in [6, 6.07) is 8.60. The molecule has 0 spiro atoms. The van der Waals surface area contributed by atoms with E-state index >= 15 is 0 Å². The molecule has 1 heterocycles. The summed E-state index contributed by atoms with van der Waals surface area (Å²) >= 11 is 2.25. The van der Waals surface area contributed by atoms with Gasteiger partial charge in [-0.3, -0.25) is 0 Å². The summed E-state index contributed by atoms with van der Waals surface area (Å²) in [7, 11) is 0. The number of hydrogen-bond donors (Lipinski definition) is 1. The van der Waals surface area contributed by atoms with Gasteiger partial charge in [-0.15, -0.1) is 0 Å². The van der Waals surface area contributed by atoms with Crippen LogP contribution < -0.4 is 5.73 Å². The van der Waals surface area contributed by atoms with Crippen LogP contribution in [0.5, 0.6) is 0 Å². The molecule has 2 aromatic rings. The van der Waals surface area contributed by atoms with Crippen molar-refractivity contribution in [3.05, 3.63) is 39.1 Å². The van der Waals surface area contributed by atoms with E-state index in [2.05, 4.69) is 65.7 Å². The Morgan fingerprint density at radius 2 is 2.05 bits per heavy atom. The minimum absolute atomic E-state index is 0.554. The Morgan fingerprint density at radius 1 is 1.29 bits per heavy atom. The van der Waals surface area contributed by atoms with Crippen LogP contribution >= 0.6 is 22.6 Å². The molecule has 110 valence electrons. The van der Waals surface area contributed by atoms with Crippen molar-refractivity contribution < 1.29 is 0 Å². The van der Waals surface area contributed by atoms with Gasteiger partial charge < -0.3 is 5.73 Å². The number of benzene rings is 1. The summed E-state index contributed by atoms with van der Waals surface area (Å²) < 4.78 is 0.989. The van der Waals surface area contributed by atoms with E-state index in [1.807, 2.05) is 0 Å². The summed E-state index contributed by atoms with van der Waals surface area (Å²) in [6.45, 7) is 4.39. The van der Waals surface area contributed by atoms with Crippen LogP contribution in [0.3, 0.4) is 0 Å². The maximum absolute atomic E-state index is 6.09. The molecule has 21 heavy (non-hydrogen) atoms. The molecule has 0 bridgehead atoms. The minimum Gasteiger partial charge on any atom is -0.383 e. The molecule has 1 aromatic heterocycles. The van der Waals surface area contributed by atoms with Gasteiger partial charge in [0.2, 0.25) is 0 Å². The molecule has 1 aromatic carbocycles. The summed E-state index contributed by atoms with van der Waals surface area (Å²) in [6.07, 6.45) is 3.54. The molecule has 0 aliphatic heterocycles. The monoisotopic (exact) mass is 393 g/mol. The Hall–Kier alpha value is -1.17. The average molecular weight is 393 g/mol. The maximum Gasteiger partial charge on any atom is 0.161 e. The second-order valence-electron chi connectivity index (χ2n) is 6.19. The molecule has 1 saturated carbocycles. The Balaban J connectivity index is 2.01. The van der Waals surface area contributed by atoms with Crippen LogP contribution in [0.15, 0.2) is 24.3 Å². The average Bonchev–Trinajstić information content (AvgIpc) is 3.28. The molecule has 0 amide bonds. The third kappa shape index (κ3) is 3.36.